The van der Waals surface area contributed by atoms with Crippen LogP contribution in [0.4, 0.5) is 11.4 Å². The van der Waals surface area contributed by atoms with Gasteiger partial charge in [0.25, 0.3) is 11.8 Å². The van der Waals surface area contributed by atoms with Gasteiger partial charge in [-0.3, -0.25) is 9.59 Å². The highest BCUT2D eigenvalue weighted by atomic mass is 16.5. The zero-order valence-electron chi connectivity index (χ0n) is 17.1. The van der Waals surface area contributed by atoms with Gasteiger partial charge in [0.15, 0.2) is 0 Å². The number of carbonyl (C=O) groups excluding carboxylic acids is 2. The van der Waals surface area contributed by atoms with E-state index in [1.165, 1.54) is 4.90 Å². The third-order valence-corrected chi connectivity index (χ3v) is 5.18. The zero-order valence-corrected chi connectivity index (χ0v) is 17.1. The quantitative estimate of drug-likeness (QED) is 0.597. The molecule has 0 unspecified atom stereocenters. The average molecular weight is 398 g/mol. The maximum atomic E-state index is 13.5. The summed E-state index contributed by atoms with van der Waals surface area (Å²) in [5.41, 5.74) is 3.75. The van der Waals surface area contributed by atoms with E-state index in [2.05, 4.69) is 0 Å². The van der Waals surface area contributed by atoms with Crippen molar-refractivity contribution in [2.45, 2.75) is 6.92 Å². The van der Waals surface area contributed by atoms with E-state index >= 15 is 0 Å². The average Bonchev–Trinajstić information content (AvgIpc) is 3.04. The van der Waals surface area contributed by atoms with E-state index in [1.807, 2.05) is 55.5 Å². The second-order valence-corrected chi connectivity index (χ2v) is 7.13. The molecule has 5 nitrogen and oxygen atoms in total. The number of nitrogens with zero attached hydrogens (tertiary/aromatic N) is 2. The van der Waals surface area contributed by atoms with Gasteiger partial charge < -0.3 is 9.64 Å². The van der Waals surface area contributed by atoms with E-state index in [9.17, 15) is 9.59 Å². The molecule has 0 aliphatic carbocycles. The number of methoxy groups -OCH3 is 1. The molecule has 0 fully saturated rings. The van der Waals surface area contributed by atoms with Crippen molar-refractivity contribution in [1.82, 2.24) is 0 Å². The van der Waals surface area contributed by atoms with Crippen LogP contribution in [-0.4, -0.2) is 26.0 Å². The van der Waals surface area contributed by atoms with Gasteiger partial charge >= 0.3 is 0 Å². The number of aryl methyl sites for hydroxylation is 1. The zero-order chi connectivity index (χ0) is 21.3. The van der Waals surface area contributed by atoms with Crippen LogP contribution in [0.15, 0.2) is 84.6 Å². The van der Waals surface area contributed by atoms with Crippen molar-refractivity contribution >= 4 is 28.8 Å². The molecule has 0 spiro atoms. The number of carbonyl (C=O) groups is 2. The Kier molecular flexibility index (Phi) is 5.11. The van der Waals surface area contributed by atoms with Gasteiger partial charge in [0.05, 0.1) is 18.4 Å². The van der Waals surface area contributed by atoms with Crippen LogP contribution in [0.3, 0.4) is 0 Å². The first kappa shape index (κ1) is 19.5. The number of amides is 2. The van der Waals surface area contributed by atoms with Gasteiger partial charge in [0.2, 0.25) is 0 Å². The van der Waals surface area contributed by atoms with Crippen molar-refractivity contribution in [2.75, 3.05) is 24.0 Å². The monoisotopic (exact) mass is 398 g/mol. The summed E-state index contributed by atoms with van der Waals surface area (Å²) in [5, 5.41) is 0. The molecule has 30 heavy (non-hydrogen) atoms. The third kappa shape index (κ3) is 3.35. The number of rotatable bonds is 5. The Morgan fingerprint density at radius 2 is 1.53 bits per heavy atom. The number of imide groups is 1. The lowest BCUT2D eigenvalue weighted by Crippen LogP contribution is -2.34. The molecule has 1 aliphatic rings. The minimum atomic E-state index is -0.345. The summed E-state index contributed by atoms with van der Waals surface area (Å²) >= 11 is 0. The Morgan fingerprint density at radius 3 is 2.17 bits per heavy atom. The number of likely N-dealkylation sites (N-methyl/N-ethyl adjacent to an activating group) is 1. The van der Waals surface area contributed by atoms with Crippen LogP contribution < -0.4 is 14.5 Å². The fourth-order valence-electron chi connectivity index (χ4n) is 3.63. The molecule has 0 saturated heterocycles. The first-order valence-electron chi connectivity index (χ1n) is 9.64. The van der Waals surface area contributed by atoms with Gasteiger partial charge in [-0.2, -0.15) is 0 Å². The Balaban J connectivity index is 1.87. The van der Waals surface area contributed by atoms with E-state index in [4.69, 9.17) is 4.74 Å². The molecular formula is C25H22N2O3. The topological polar surface area (TPSA) is 49.9 Å². The molecule has 0 bridgehead atoms. The largest absolute Gasteiger partial charge is 0.497 e. The number of ether oxygens (including phenoxy) is 1. The minimum absolute atomic E-state index is 0.339. The number of para-hydroxylation sites is 1. The molecule has 1 heterocycles. The highest BCUT2D eigenvalue weighted by molar-refractivity contribution is 6.46. The van der Waals surface area contributed by atoms with Crippen LogP contribution in [0.5, 0.6) is 5.75 Å². The molecule has 2 amide bonds. The molecule has 0 N–H and O–H groups in total. The van der Waals surface area contributed by atoms with Crippen molar-refractivity contribution in [1.29, 1.82) is 0 Å². The lowest BCUT2D eigenvalue weighted by Gasteiger charge is -2.21. The van der Waals surface area contributed by atoms with E-state index in [0.29, 0.717) is 28.3 Å². The highest BCUT2D eigenvalue weighted by Crippen LogP contribution is 2.36. The summed E-state index contributed by atoms with van der Waals surface area (Å²) in [4.78, 5) is 30.1. The van der Waals surface area contributed by atoms with E-state index in [0.717, 1.165) is 11.3 Å². The number of hydrogen-bond donors (Lipinski definition) is 0. The summed E-state index contributed by atoms with van der Waals surface area (Å²) in [6.07, 6.45) is 0. The molecule has 3 aromatic rings. The Morgan fingerprint density at radius 1 is 0.833 bits per heavy atom. The molecule has 0 saturated carbocycles. The second kappa shape index (κ2) is 7.87. The van der Waals surface area contributed by atoms with Crippen molar-refractivity contribution in [2.24, 2.45) is 0 Å². The predicted octanol–water partition coefficient (Wildman–Crippen LogP) is 4.42. The van der Waals surface area contributed by atoms with Gasteiger partial charge in [-0.05, 0) is 54.4 Å². The first-order chi connectivity index (χ1) is 14.5. The summed E-state index contributed by atoms with van der Waals surface area (Å²) < 4.78 is 5.24. The molecular weight excluding hydrogens is 376 g/mol. The number of hydrogen-bond acceptors (Lipinski definition) is 4. The maximum Gasteiger partial charge on any atom is 0.282 e. The Hall–Kier alpha value is -3.86. The van der Waals surface area contributed by atoms with Crippen LogP contribution in [0, 0.1) is 6.92 Å². The van der Waals surface area contributed by atoms with Gasteiger partial charge in [-0.1, -0.05) is 42.5 Å². The normalized spacial score (nSPS) is 13.8. The molecule has 150 valence electrons. The summed E-state index contributed by atoms with van der Waals surface area (Å²) in [6, 6.07) is 24.1. The first-order valence-corrected chi connectivity index (χ1v) is 9.64. The Bertz CT molecular complexity index is 1130. The molecule has 0 atom stereocenters. The Labute approximate surface area is 175 Å². The summed E-state index contributed by atoms with van der Waals surface area (Å²) in [7, 11) is 3.39. The molecule has 5 heteroatoms. The highest BCUT2D eigenvalue weighted by Gasteiger charge is 2.42. The predicted molar refractivity (Wildman–Crippen MR) is 118 cm³/mol. The number of anilines is 2. The van der Waals surface area contributed by atoms with Gasteiger partial charge in [0, 0.05) is 12.7 Å². The lowest BCUT2D eigenvalue weighted by atomic mass is 10.0. The van der Waals surface area contributed by atoms with Gasteiger partial charge in [0.1, 0.15) is 11.4 Å². The van der Waals surface area contributed by atoms with Crippen LogP contribution in [0.1, 0.15) is 11.1 Å². The van der Waals surface area contributed by atoms with Gasteiger partial charge in [-0.15, -0.1) is 0 Å². The van der Waals surface area contributed by atoms with Crippen molar-refractivity contribution in [3.63, 3.8) is 0 Å². The molecule has 1 aliphatic heterocycles. The maximum absolute atomic E-state index is 13.5. The lowest BCUT2D eigenvalue weighted by molar-refractivity contribution is -0.120. The third-order valence-electron chi connectivity index (χ3n) is 5.18. The SMILES string of the molecule is COc1ccc(C2=C(N(C)c3ccccc3)C(=O)N(c3cccc(C)c3)C2=O)cc1. The van der Waals surface area contributed by atoms with Gasteiger partial charge in [-0.25, -0.2) is 4.90 Å². The van der Waals surface area contributed by atoms with Crippen molar-refractivity contribution in [3.05, 3.63) is 95.7 Å². The second-order valence-electron chi connectivity index (χ2n) is 7.13. The van der Waals surface area contributed by atoms with E-state index < -0.39 is 0 Å². The van der Waals surface area contributed by atoms with E-state index in [-0.39, 0.29) is 11.8 Å². The van der Waals surface area contributed by atoms with Crippen molar-refractivity contribution in [3.8, 4) is 5.75 Å². The summed E-state index contributed by atoms with van der Waals surface area (Å²) in [6.45, 7) is 1.93. The van der Waals surface area contributed by atoms with Crippen LogP contribution in [0.25, 0.3) is 5.57 Å². The smallest absolute Gasteiger partial charge is 0.282 e. The summed E-state index contributed by atoms with van der Waals surface area (Å²) in [5.74, 6) is 0.000876. The fourth-order valence-corrected chi connectivity index (χ4v) is 3.63. The molecule has 4 rings (SSSR count). The standard InChI is InChI=1S/C25H22N2O3/c1-17-8-7-11-20(16-17)27-24(28)22(18-12-14-21(30-3)15-13-18)23(25(27)29)26(2)19-9-5-4-6-10-19/h4-16H,1-3H3. The van der Waals surface area contributed by atoms with Crippen LogP contribution in [-0.2, 0) is 9.59 Å². The van der Waals surface area contributed by atoms with Crippen LogP contribution in [0.2, 0.25) is 0 Å². The van der Waals surface area contributed by atoms with Crippen LogP contribution >= 0.6 is 0 Å². The number of benzene rings is 3. The fraction of sp³-hybridized carbons (Fsp3) is 0.120. The van der Waals surface area contributed by atoms with E-state index in [1.54, 1.807) is 49.4 Å². The molecule has 0 aromatic heterocycles. The molecule has 3 aromatic carbocycles. The minimum Gasteiger partial charge on any atom is -0.497 e. The van der Waals surface area contributed by atoms with Crippen molar-refractivity contribution < 1.29 is 14.3 Å². The molecule has 0 radical (unpaired) electrons.